The fourth-order valence-electron chi connectivity index (χ4n) is 3.32. The fraction of sp³-hybridized carbons (Fsp3) is 0.600. The van der Waals surface area contributed by atoms with Crippen molar-refractivity contribution >= 4 is 35.0 Å². The first kappa shape index (κ1) is 15.8. The van der Waals surface area contributed by atoms with Crippen molar-refractivity contribution in [3.63, 3.8) is 0 Å². The molecule has 0 radical (unpaired) electrons. The number of aliphatic hydroxyl groups excluding tert-OH is 1. The minimum atomic E-state index is -0.972. The van der Waals surface area contributed by atoms with E-state index in [0.717, 1.165) is 6.42 Å². The number of rotatable bonds is 5. The number of β-lactam (4-membered cyclic amide) rings is 1. The standard InChI is InChI=1S/C15H19NO4S2/c1-15(2)11(14(19)20)16-12(18)10(13(16)22-15)9(17)6-5-8-4-3-7-21-8/h3-4,7,9-11,13,17H,5-6H2,1-2H3,(H,19,20)/t9-,10+,11+,13-/m1/s1. The summed E-state index contributed by atoms with van der Waals surface area (Å²) in [6, 6.07) is 3.17. The number of aryl methyl sites for hydroxylation is 1. The van der Waals surface area contributed by atoms with Crippen LogP contribution in [0.25, 0.3) is 0 Å². The summed E-state index contributed by atoms with van der Waals surface area (Å²) in [4.78, 5) is 26.4. The third kappa shape index (κ3) is 2.45. The highest BCUT2D eigenvalue weighted by atomic mass is 32.2. The van der Waals surface area contributed by atoms with Gasteiger partial charge in [-0.2, -0.15) is 0 Å². The zero-order valence-electron chi connectivity index (χ0n) is 12.4. The van der Waals surface area contributed by atoms with Crippen molar-refractivity contribution in [2.45, 2.75) is 49.0 Å². The molecule has 0 bridgehead atoms. The van der Waals surface area contributed by atoms with Gasteiger partial charge >= 0.3 is 5.97 Å². The molecule has 3 rings (SSSR count). The molecule has 7 heteroatoms. The van der Waals surface area contributed by atoms with Crippen molar-refractivity contribution in [1.82, 2.24) is 4.90 Å². The number of aliphatic carboxylic acids is 1. The van der Waals surface area contributed by atoms with Crippen LogP contribution in [0.3, 0.4) is 0 Å². The first-order chi connectivity index (χ1) is 10.3. The predicted octanol–water partition coefficient (Wildman–Crippen LogP) is 1.80. The van der Waals surface area contributed by atoms with Crippen LogP contribution in [-0.4, -0.2) is 49.3 Å². The van der Waals surface area contributed by atoms with Crippen molar-refractivity contribution in [2.75, 3.05) is 0 Å². The summed E-state index contributed by atoms with van der Waals surface area (Å²) >= 11 is 3.12. The zero-order chi connectivity index (χ0) is 16.1. The van der Waals surface area contributed by atoms with Gasteiger partial charge in [-0.1, -0.05) is 6.07 Å². The van der Waals surface area contributed by atoms with Gasteiger partial charge in [0, 0.05) is 9.62 Å². The van der Waals surface area contributed by atoms with Crippen LogP contribution >= 0.6 is 23.1 Å². The summed E-state index contributed by atoms with van der Waals surface area (Å²) in [6.07, 6.45) is 0.554. The van der Waals surface area contributed by atoms with Crippen LogP contribution < -0.4 is 0 Å². The van der Waals surface area contributed by atoms with Crippen LogP contribution in [0.15, 0.2) is 17.5 Å². The van der Waals surface area contributed by atoms with Crippen LogP contribution in [0.2, 0.25) is 0 Å². The van der Waals surface area contributed by atoms with Gasteiger partial charge in [0.2, 0.25) is 5.91 Å². The minimum absolute atomic E-state index is 0.220. The predicted molar refractivity (Wildman–Crippen MR) is 85.9 cm³/mol. The zero-order valence-corrected chi connectivity index (χ0v) is 14.1. The molecule has 3 heterocycles. The monoisotopic (exact) mass is 341 g/mol. The van der Waals surface area contributed by atoms with Crippen molar-refractivity contribution in [2.24, 2.45) is 5.92 Å². The number of nitrogens with zero attached hydrogens (tertiary/aromatic N) is 1. The molecule has 0 spiro atoms. The Bertz CT molecular complexity index is 586. The van der Waals surface area contributed by atoms with E-state index in [0.29, 0.717) is 6.42 Å². The smallest absolute Gasteiger partial charge is 0.327 e. The molecule has 1 amide bonds. The lowest BCUT2D eigenvalue weighted by molar-refractivity contribution is -0.169. The number of thiophene rings is 1. The van der Waals surface area contributed by atoms with Crippen LogP contribution in [0, 0.1) is 5.92 Å². The number of carbonyl (C=O) groups is 2. The highest BCUT2D eigenvalue weighted by Gasteiger charge is 2.65. The number of hydrogen-bond acceptors (Lipinski definition) is 5. The fourth-order valence-corrected chi connectivity index (χ4v) is 5.79. The lowest BCUT2D eigenvalue weighted by Gasteiger charge is -2.45. The van der Waals surface area contributed by atoms with E-state index in [1.54, 1.807) is 11.3 Å². The van der Waals surface area contributed by atoms with Gasteiger partial charge in [-0.15, -0.1) is 23.1 Å². The molecule has 0 unspecified atom stereocenters. The van der Waals surface area contributed by atoms with Crippen molar-refractivity contribution in [1.29, 1.82) is 0 Å². The number of carboxylic acids is 1. The van der Waals surface area contributed by atoms with Gasteiger partial charge in [0.05, 0.1) is 17.4 Å². The number of aliphatic hydroxyl groups is 1. The molecule has 0 aliphatic carbocycles. The third-order valence-corrected chi connectivity index (χ3v) is 6.93. The summed E-state index contributed by atoms with van der Waals surface area (Å²) < 4.78 is -0.533. The first-order valence-corrected chi connectivity index (χ1v) is 9.02. The molecular weight excluding hydrogens is 322 g/mol. The van der Waals surface area contributed by atoms with E-state index >= 15 is 0 Å². The molecule has 0 saturated carbocycles. The average Bonchev–Trinajstić information content (AvgIpc) is 3.01. The molecule has 2 aliphatic rings. The molecule has 0 aromatic carbocycles. The number of amides is 1. The Kier molecular flexibility index (Phi) is 3.99. The molecule has 22 heavy (non-hydrogen) atoms. The van der Waals surface area contributed by atoms with Crippen LogP contribution in [0.4, 0.5) is 0 Å². The molecule has 1 aromatic heterocycles. The van der Waals surface area contributed by atoms with E-state index in [1.807, 2.05) is 31.4 Å². The average molecular weight is 341 g/mol. The van der Waals surface area contributed by atoms with E-state index in [2.05, 4.69) is 0 Å². The minimum Gasteiger partial charge on any atom is -0.480 e. The molecule has 2 fully saturated rings. The Hall–Kier alpha value is -1.05. The lowest BCUT2D eigenvalue weighted by Crippen LogP contribution is -2.65. The normalized spacial score (nSPS) is 30.8. The Morgan fingerprint density at radius 1 is 1.50 bits per heavy atom. The largest absolute Gasteiger partial charge is 0.480 e. The van der Waals surface area contributed by atoms with E-state index < -0.39 is 28.8 Å². The first-order valence-electron chi connectivity index (χ1n) is 7.26. The molecular formula is C15H19NO4S2. The number of hydrogen-bond donors (Lipinski definition) is 2. The number of carbonyl (C=O) groups excluding carboxylic acids is 1. The quantitative estimate of drug-likeness (QED) is 0.799. The summed E-state index contributed by atoms with van der Waals surface area (Å²) in [5.41, 5.74) is 0. The van der Waals surface area contributed by atoms with Gasteiger partial charge in [0.25, 0.3) is 0 Å². The van der Waals surface area contributed by atoms with Gasteiger partial charge in [-0.3, -0.25) is 4.79 Å². The Labute approximate surface area is 137 Å². The van der Waals surface area contributed by atoms with E-state index in [9.17, 15) is 19.8 Å². The SMILES string of the molecule is CC1(C)S[C@@H]2[C@@H]([C@H](O)CCc3cccs3)C(=O)N2[C@H]1C(=O)O. The molecule has 2 N–H and O–H groups in total. The Morgan fingerprint density at radius 3 is 2.82 bits per heavy atom. The summed E-state index contributed by atoms with van der Waals surface area (Å²) in [5.74, 6) is -1.68. The Balaban J connectivity index is 1.67. The topological polar surface area (TPSA) is 77.8 Å². The number of carboxylic acid groups (broad SMARTS) is 1. The number of thioether (sulfide) groups is 1. The van der Waals surface area contributed by atoms with Crippen molar-refractivity contribution < 1.29 is 19.8 Å². The molecule has 2 aliphatic heterocycles. The highest BCUT2D eigenvalue weighted by molar-refractivity contribution is 8.01. The molecule has 120 valence electrons. The van der Waals surface area contributed by atoms with Gasteiger partial charge in [-0.25, -0.2) is 4.79 Å². The lowest BCUT2D eigenvalue weighted by atomic mass is 9.86. The summed E-state index contributed by atoms with van der Waals surface area (Å²) in [5, 5.41) is 21.5. The van der Waals surface area contributed by atoms with Gasteiger partial charge < -0.3 is 15.1 Å². The third-order valence-electron chi connectivity index (χ3n) is 4.40. The maximum Gasteiger partial charge on any atom is 0.327 e. The van der Waals surface area contributed by atoms with E-state index in [1.165, 1.54) is 21.5 Å². The second-order valence-electron chi connectivity index (χ2n) is 6.31. The van der Waals surface area contributed by atoms with Gasteiger partial charge in [0.1, 0.15) is 6.04 Å². The molecule has 2 saturated heterocycles. The van der Waals surface area contributed by atoms with Crippen LogP contribution in [0.1, 0.15) is 25.1 Å². The van der Waals surface area contributed by atoms with Gasteiger partial charge in [0.15, 0.2) is 0 Å². The van der Waals surface area contributed by atoms with Crippen molar-refractivity contribution in [3.05, 3.63) is 22.4 Å². The molecule has 5 nitrogen and oxygen atoms in total. The summed E-state index contributed by atoms with van der Waals surface area (Å²) in [7, 11) is 0. The van der Waals surface area contributed by atoms with Crippen LogP contribution in [-0.2, 0) is 16.0 Å². The second-order valence-corrected chi connectivity index (χ2v) is 9.11. The van der Waals surface area contributed by atoms with E-state index in [-0.39, 0.29) is 11.3 Å². The maximum absolute atomic E-state index is 12.3. The summed E-state index contributed by atoms with van der Waals surface area (Å²) in [6.45, 7) is 3.69. The molecule has 4 atom stereocenters. The Morgan fingerprint density at radius 2 is 2.23 bits per heavy atom. The second kappa shape index (κ2) is 5.54. The maximum atomic E-state index is 12.3. The highest BCUT2D eigenvalue weighted by Crippen LogP contribution is 2.54. The van der Waals surface area contributed by atoms with Crippen LogP contribution in [0.5, 0.6) is 0 Å². The van der Waals surface area contributed by atoms with Crippen molar-refractivity contribution in [3.8, 4) is 0 Å². The number of fused-ring (bicyclic) bond motifs is 1. The van der Waals surface area contributed by atoms with E-state index in [4.69, 9.17) is 0 Å². The van der Waals surface area contributed by atoms with Gasteiger partial charge in [-0.05, 0) is 38.1 Å². The molecule has 1 aromatic rings.